The fraction of sp³-hybridized carbons (Fsp3) is 0.231. The minimum atomic E-state index is 0.603. The van der Waals surface area contributed by atoms with E-state index in [1.807, 2.05) is 30.5 Å². The van der Waals surface area contributed by atoms with E-state index in [2.05, 4.69) is 20.3 Å². The molecule has 3 rings (SSSR count). The lowest BCUT2D eigenvalue weighted by Gasteiger charge is -1.99. The van der Waals surface area contributed by atoms with Crippen LogP contribution in [0.3, 0.4) is 0 Å². The van der Waals surface area contributed by atoms with Gasteiger partial charge in [-0.2, -0.15) is 0 Å². The third-order valence-corrected chi connectivity index (χ3v) is 2.77. The van der Waals surface area contributed by atoms with Gasteiger partial charge in [0.05, 0.1) is 36.6 Å². The fourth-order valence-corrected chi connectivity index (χ4v) is 1.79. The van der Waals surface area contributed by atoms with Crippen LogP contribution in [0.25, 0.3) is 22.4 Å². The number of hydrogen-bond donors (Lipinski definition) is 0. The maximum atomic E-state index is 5.00. The van der Waals surface area contributed by atoms with E-state index in [4.69, 9.17) is 4.74 Å². The van der Waals surface area contributed by atoms with Crippen molar-refractivity contribution in [1.29, 1.82) is 0 Å². The molecular weight excluding hydrogens is 242 g/mol. The SMILES string of the molecule is COCCn1cc(-c2cnc3ccccc3n2)nn1. The van der Waals surface area contributed by atoms with Crippen LogP contribution < -0.4 is 0 Å². The second kappa shape index (κ2) is 5.11. The van der Waals surface area contributed by atoms with Crippen LogP contribution in [-0.4, -0.2) is 38.7 Å². The Morgan fingerprint density at radius 2 is 2.00 bits per heavy atom. The van der Waals surface area contributed by atoms with Gasteiger partial charge in [0.2, 0.25) is 0 Å². The van der Waals surface area contributed by atoms with Crippen molar-refractivity contribution in [3.63, 3.8) is 0 Å². The molecule has 0 saturated carbocycles. The van der Waals surface area contributed by atoms with Crippen molar-refractivity contribution in [2.75, 3.05) is 13.7 Å². The smallest absolute Gasteiger partial charge is 0.133 e. The van der Waals surface area contributed by atoms with Crippen LogP contribution in [0.15, 0.2) is 36.7 Å². The van der Waals surface area contributed by atoms with Gasteiger partial charge in [-0.25, -0.2) is 9.67 Å². The maximum Gasteiger partial charge on any atom is 0.133 e. The van der Waals surface area contributed by atoms with Crippen molar-refractivity contribution in [2.24, 2.45) is 0 Å². The average molecular weight is 255 g/mol. The molecule has 0 saturated heterocycles. The monoisotopic (exact) mass is 255 g/mol. The van der Waals surface area contributed by atoms with Crippen molar-refractivity contribution in [3.8, 4) is 11.4 Å². The first-order valence-corrected chi connectivity index (χ1v) is 5.98. The number of hydrogen-bond acceptors (Lipinski definition) is 5. The third-order valence-electron chi connectivity index (χ3n) is 2.77. The Labute approximate surface area is 110 Å². The summed E-state index contributed by atoms with van der Waals surface area (Å²) in [6.07, 6.45) is 3.56. The highest BCUT2D eigenvalue weighted by Gasteiger charge is 2.07. The van der Waals surface area contributed by atoms with E-state index in [9.17, 15) is 0 Å². The topological polar surface area (TPSA) is 65.7 Å². The highest BCUT2D eigenvalue weighted by atomic mass is 16.5. The second-order valence-corrected chi connectivity index (χ2v) is 4.10. The number of aromatic nitrogens is 5. The molecule has 0 atom stereocenters. The minimum absolute atomic E-state index is 0.603. The van der Waals surface area contributed by atoms with Gasteiger partial charge in [-0.3, -0.25) is 4.98 Å². The van der Waals surface area contributed by atoms with Crippen molar-refractivity contribution < 1.29 is 4.74 Å². The molecule has 3 aromatic rings. The Morgan fingerprint density at radius 1 is 1.16 bits per heavy atom. The van der Waals surface area contributed by atoms with Crippen LogP contribution >= 0.6 is 0 Å². The van der Waals surface area contributed by atoms with Crippen LogP contribution in [0, 0.1) is 0 Å². The van der Waals surface area contributed by atoms with E-state index in [1.165, 1.54) is 0 Å². The van der Waals surface area contributed by atoms with Gasteiger partial charge in [0.25, 0.3) is 0 Å². The number of para-hydroxylation sites is 2. The predicted octanol–water partition coefficient (Wildman–Crippen LogP) is 1.53. The number of fused-ring (bicyclic) bond motifs is 1. The van der Waals surface area contributed by atoms with Gasteiger partial charge in [0.15, 0.2) is 0 Å². The van der Waals surface area contributed by atoms with Gasteiger partial charge in [0.1, 0.15) is 11.4 Å². The molecule has 0 fully saturated rings. The molecular formula is C13H13N5O. The molecule has 0 bridgehead atoms. The lowest BCUT2D eigenvalue weighted by molar-refractivity contribution is 0.183. The zero-order chi connectivity index (χ0) is 13.1. The Morgan fingerprint density at radius 3 is 2.84 bits per heavy atom. The molecule has 19 heavy (non-hydrogen) atoms. The second-order valence-electron chi connectivity index (χ2n) is 4.10. The zero-order valence-corrected chi connectivity index (χ0v) is 10.5. The van der Waals surface area contributed by atoms with E-state index in [0.717, 1.165) is 16.7 Å². The summed E-state index contributed by atoms with van der Waals surface area (Å²) >= 11 is 0. The molecule has 6 heteroatoms. The van der Waals surface area contributed by atoms with E-state index in [0.29, 0.717) is 18.8 Å². The normalized spacial score (nSPS) is 11.0. The van der Waals surface area contributed by atoms with Crippen molar-refractivity contribution in [2.45, 2.75) is 6.54 Å². The van der Waals surface area contributed by atoms with E-state index in [-0.39, 0.29) is 0 Å². The average Bonchev–Trinajstić information content (AvgIpc) is 2.93. The highest BCUT2D eigenvalue weighted by Crippen LogP contribution is 2.16. The first kappa shape index (κ1) is 11.7. The van der Waals surface area contributed by atoms with E-state index < -0.39 is 0 Å². The predicted molar refractivity (Wildman–Crippen MR) is 70.4 cm³/mol. The molecule has 2 heterocycles. The lowest BCUT2D eigenvalue weighted by atomic mass is 10.3. The van der Waals surface area contributed by atoms with Crippen molar-refractivity contribution >= 4 is 11.0 Å². The Balaban J connectivity index is 1.92. The number of rotatable bonds is 4. The van der Waals surface area contributed by atoms with Gasteiger partial charge in [-0.1, -0.05) is 17.3 Å². The molecule has 0 spiro atoms. The summed E-state index contributed by atoms with van der Waals surface area (Å²) in [4.78, 5) is 8.89. The van der Waals surface area contributed by atoms with Crippen LogP contribution in [0.2, 0.25) is 0 Å². The maximum absolute atomic E-state index is 5.00. The summed E-state index contributed by atoms with van der Waals surface area (Å²) in [7, 11) is 1.66. The quantitative estimate of drug-likeness (QED) is 0.707. The van der Waals surface area contributed by atoms with Crippen molar-refractivity contribution in [3.05, 3.63) is 36.7 Å². The largest absolute Gasteiger partial charge is 0.383 e. The van der Waals surface area contributed by atoms with Gasteiger partial charge in [-0.15, -0.1) is 5.10 Å². The first-order valence-electron chi connectivity index (χ1n) is 5.98. The van der Waals surface area contributed by atoms with Gasteiger partial charge in [0, 0.05) is 7.11 Å². The number of benzene rings is 1. The number of nitrogens with zero attached hydrogens (tertiary/aromatic N) is 5. The molecule has 0 amide bonds. The summed E-state index contributed by atoms with van der Waals surface area (Å²) in [6, 6.07) is 7.75. The Kier molecular flexibility index (Phi) is 3.16. The summed E-state index contributed by atoms with van der Waals surface area (Å²) in [5, 5.41) is 8.13. The minimum Gasteiger partial charge on any atom is -0.383 e. The molecule has 6 nitrogen and oxygen atoms in total. The Hall–Kier alpha value is -2.34. The molecule has 0 aliphatic heterocycles. The number of methoxy groups -OCH3 is 1. The van der Waals surface area contributed by atoms with E-state index >= 15 is 0 Å². The molecule has 96 valence electrons. The van der Waals surface area contributed by atoms with E-state index in [1.54, 1.807) is 18.0 Å². The molecule has 0 aliphatic carbocycles. The highest BCUT2D eigenvalue weighted by molar-refractivity contribution is 5.76. The summed E-state index contributed by atoms with van der Waals surface area (Å²) < 4.78 is 6.73. The van der Waals surface area contributed by atoms with Gasteiger partial charge in [-0.05, 0) is 12.1 Å². The molecule has 0 unspecified atom stereocenters. The van der Waals surface area contributed by atoms with Crippen LogP contribution in [0.5, 0.6) is 0 Å². The molecule has 0 radical (unpaired) electrons. The summed E-state index contributed by atoms with van der Waals surface area (Å²) in [5.74, 6) is 0. The number of ether oxygens (including phenoxy) is 1. The first-order chi connectivity index (χ1) is 9.36. The lowest BCUT2D eigenvalue weighted by Crippen LogP contribution is -2.04. The van der Waals surface area contributed by atoms with Crippen LogP contribution in [0.1, 0.15) is 0 Å². The standard InChI is InChI=1S/C13H13N5O/c1-19-7-6-18-9-13(16-17-18)12-8-14-10-4-2-3-5-11(10)15-12/h2-5,8-9H,6-7H2,1H3. The summed E-state index contributed by atoms with van der Waals surface area (Å²) in [5.41, 5.74) is 3.17. The third kappa shape index (κ3) is 2.43. The molecule has 0 aliphatic rings. The molecule has 0 N–H and O–H groups in total. The molecule has 1 aromatic carbocycles. The van der Waals surface area contributed by atoms with Gasteiger partial charge >= 0.3 is 0 Å². The fourth-order valence-electron chi connectivity index (χ4n) is 1.79. The van der Waals surface area contributed by atoms with Crippen molar-refractivity contribution in [1.82, 2.24) is 25.0 Å². The zero-order valence-electron chi connectivity index (χ0n) is 10.5. The molecule has 2 aromatic heterocycles. The van der Waals surface area contributed by atoms with Crippen LogP contribution in [0.4, 0.5) is 0 Å². The Bertz CT molecular complexity index is 694. The van der Waals surface area contributed by atoms with Crippen LogP contribution in [-0.2, 0) is 11.3 Å². The summed E-state index contributed by atoms with van der Waals surface area (Å²) in [6.45, 7) is 1.27. The van der Waals surface area contributed by atoms with Gasteiger partial charge < -0.3 is 4.74 Å².